The van der Waals surface area contributed by atoms with Crippen LogP contribution in [0.5, 0.6) is 0 Å². The first-order valence-corrected chi connectivity index (χ1v) is 15.5. The Bertz CT molecular complexity index is 2430. The van der Waals surface area contributed by atoms with Crippen LogP contribution in [-0.4, -0.2) is 15.0 Å². The molecule has 3 nitrogen and oxygen atoms in total. The highest BCUT2D eigenvalue weighted by molar-refractivity contribution is 6.27. The van der Waals surface area contributed by atoms with E-state index in [1.807, 2.05) is 43.1 Å². The molecule has 0 aliphatic heterocycles. The van der Waals surface area contributed by atoms with Gasteiger partial charge >= 0.3 is 0 Å². The summed E-state index contributed by atoms with van der Waals surface area (Å²) in [6.07, 6.45) is 9.26. The number of aromatic nitrogens is 3. The van der Waals surface area contributed by atoms with E-state index in [4.69, 9.17) is 0 Å². The fraction of sp³-hybridized carbons (Fsp3) is 0. The molecule has 3 aromatic heterocycles. The second kappa shape index (κ2) is 10.8. The van der Waals surface area contributed by atoms with Gasteiger partial charge in [0, 0.05) is 36.5 Å². The SMILES string of the molecule is c1ccc(-c2ccc(-c3ccc4ccc5ccc(-c6cc(-c7ccncc7)cc(-c7ccncc7)c6)c6ccc3c4c56)cc2)nc1. The van der Waals surface area contributed by atoms with Crippen LogP contribution in [0, 0.1) is 0 Å². The first kappa shape index (κ1) is 26.2. The molecule has 3 heterocycles. The number of hydrogen-bond acceptors (Lipinski definition) is 3. The van der Waals surface area contributed by atoms with Crippen LogP contribution in [0.3, 0.4) is 0 Å². The minimum atomic E-state index is 0.983. The third-order valence-electron chi connectivity index (χ3n) is 9.09. The summed E-state index contributed by atoms with van der Waals surface area (Å²) < 4.78 is 0. The molecule has 0 saturated heterocycles. The number of benzene rings is 6. The van der Waals surface area contributed by atoms with Crippen molar-refractivity contribution in [3.05, 3.63) is 164 Å². The number of rotatable bonds is 5. The molecule has 0 fully saturated rings. The Morgan fingerprint density at radius 3 is 1.37 bits per heavy atom. The van der Waals surface area contributed by atoms with Crippen LogP contribution < -0.4 is 0 Å². The van der Waals surface area contributed by atoms with E-state index >= 15 is 0 Å². The Morgan fingerprint density at radius 2 is 0.826 bits per heavy atom. The smallest absolute Gasteiger partial charge is 0.0701 e. The van der Waals surface area contributed by atoms with Gasteiger partial charge in [-0.1, -0.05) is 78.9 Å². The predicted molar refractivity (Wildman–Crippen MR) is 191 cm³/mol. The molecule has 0 amide bonds. The van der Waals surface area contributed by atoms with E-state index in [1.165, 1.54) is 54.6 Å². The standard InChI is InChI=1S/C43H27N3/c1-2-20-46-41(3-1)31-6-4-30(5-7-31)37-12-10-32-8-9-33-11-13-38(40-15-14-39(37)42(32)43(33)40)36-26-34(28-16-21-44-22-17-28)25-35(27-36)29-18-23-45-24-19-29/h1-27H. The normalized spacial score (nSPS) is 11.5. The molecule has 9 aromatic rings. The molecule has 0 spiro atoms. The number of nitrogens with zero attached hydrogens (tertiary/aromatic N) is 3. The Kier molecular flexibility index (Phi) is 6.14. The average molecular weight is 586 g/mol. The van der Waals surface area contributed by atoms with Crippen molar-refractivity contribution in [3.63, 3.8) is 0 Å². The number of hydrogen-bond donors (Lipinski definition) is 0. The van der Waals surface area contributed by atoms with Crippen molar-refractivity contribution in [1.29, 1.82) is 0 Å². The van der Waals surface area contributed by atoms with Gasteiger partial charge in [0.2, 0.25) is 0 Å². The zero-order chi connectivity index (χ0) is 30.5. The quantitative estimate of drug-likeness (QED) is 0.189. The summed E-state index contributed by atoms with van der Waals surface area (Å²) in [6.45, 7) is 0. The molecule has 9 rings (SSSR count). The van der Waals surface area contributed by atoms with Gasteiger partial charge in [0.25, 0.3) is 0 Å². The van der Waals surface area contributed by atoms with Gasteiger partial charge in [-0.05, 0) is 131 Å². The zero-order valence-corrected chi connectivity index (χ0v) is 24.9. The van der Waals surface area contributed by atoms with Crippen molar-refractivity contribution in [2.24, 2.45) is 0 Å². The fourth-order valence-corrected chi connectivity index (χ4v) is 6.86. The molecule has 0 radical (unpaired) electrons. The van der Waals surface area contributed by atoms with Gasteiger partial charge in [-0.25, -0.2) is 0 Å². The van der Waals surface area contributed by atoms with Gasteiger partial charge in [-0.3, -0.25) is 15.0 Å². The maximum atomic E-state index is 4.53. The van der Waals surface area contributed by atoms with Gasteiger partial charge in [0.1, 0.15) is 0 Å². The van der Waals surface area contributed by atoms with Gasteiger partial charge in [-0.15, -0.1) is 0 Å². The van der Waals surface area contributed by atoms with Gasteiger partial charge in [0.05, 0.1) is 5.69 Å². The van der Waals surface area contributed by atoms with Gasteiger partial charge in [0.15, 0.2) is 0 Å². The summed E-state index contributed by atoms with van der Waals surface area (Å²) >= 11 is 0. The van der Waals surface area contributed by atoms with Crippen molar-refractivity contribution < 1.29 is 0 Å². The highest BCUT2D eigenvalue weighted by Crippen LogP contribution is 2.43. The Labute approximate surface area is 266 Å². The van der Waals surface area contributed by atoms with Gasteiger partial charge in [-0.2, -0.15) is 0 Å². The Morgan fingerprint density at radius 1 is 0.326 bits per heavy atom. The largest absolute Gasteiger partial charge is 0.265 e. The van der Waals surface area contributed by atoms with Crippen LogP contribution >= 0.6 is 0 Å². The van der Waals surface area contributed by atoms with Crippen molar-refractivity contribution in [2.45, 2.75) is 0 Å². The molecule has 46 heavy (non-hydrogen) atoms. The molecule has 0 aliphatic carbocycles. The van der Waals surface area contributed by atoms with E-state index < -0.39 is 0 Å². The highest BCUT2D eigenvalue weighted by Gasteiger charge is 2.16. The summed E-state index contributed by atoms with van der Waals surface area (Å²) in [5, 5.41) is 7.63. The molecule has 0 aliphatic rings. The molecule has 0 saturated carbocycles. The summed E-state index contributed by atoms with van der Waals surface area (Å²) in [5.74, 6) is 0. The molecule has 0 bridgehead atoms. The second-order valence-electron chi connectivity index (χ2n) is 11.7. The average Bonchev–Trinajstić information content (AvgIpc) is 3.14. The topological polar surface area (TPSA) is 38.7 Å². The lowest BCUT2D eigenvalue weighted by molar-refractivity contribution is 1.33. The lowest BCUT2D eigenvalue weighted by Gasteiger charge is -2.18. The van der Waals surface area contributed by atoms with Crippen molar-refractivity contribution in [3.8, 4) is 55.8 Å². The lowest BCUT2D eigenvalue weighted by atomic mass is 9.86. The van der Waals surface area contributed by atoms with E-state index in [1.54, 1.807) is 0 Å². The van der Waals surface area contributed by atoms with Crippen molar-refractivity contribution in [2.75, 3.05) is 0 Å². The van der Waals surface area contributed by atoms with Crippen LogP contribution in [-0.2, 0) is 0 Å². The van der Waals surface area contributed by atoms with Crippen LogP contribution in [0.25, 0.3) is 88.1 Å². The molecular weight excluding hydrogens is 558 g/mol. The predicted octanol–water partition coefficient (Wildman–Crippen LogP) is 11.1. The highest BCUT2D eigenvalue weighted by atomic mass is 14.7. The van der Waals surface area contributed by atoms with Crippen LogP contribution in [0.1, 0.15) is 0 Å². The molecule has 6 aromatic carbocycles. The third-order valence-corrected chi connectivity index (χ3v) is 9.09. The summed E-state index contributed by atoms with van der Waals surface area (Å²) in [5.41, 5.74) is 11.5. The summed E-state index contributed by atoms with van der Waals surface area (Å²) in [4.78, 5) is 13.0. The molecule has 0 atom stereocenters. The molecule has 0 unspecified atom stereocenters. The maximum Gasteiger partial charge on any atom is 0.0701 e. The van der Waals surface area contributed by atoms with Crippen molar-refractivity contribution in [1.82, 2.24) is 15.0 Å². The van der Waals surface area contributed by atoms with Crippen molar-refractivity contribution >= 4 is 32.3 Å². The van der Waals surface area contributed by atoms with Gasteiger partial charge < -0.3 is 0 Å². The maximum absolute atomic E-state index is 4.53. The Hall–Kier alpha value is -6.19. The minimum Gasteiger partial charge on any atom is -0.265 e. The van der Waals surface area contributed by atoms with E-state index in [9.17, 15) is 0 Å². The molecular formula is C43H27N3. The van der Waals surface area contributed by atoms with Crippen LogP contribution in [0.4, 0.5) is 0 Å². The summed E-state index contributed by atoms with van der Waals surface area (Å²) in [6, 6.07) is 48.2. The first-order chi connectivity index (χ1) is 22.8. The summed E-state index contributed by atoms with van der Waals surface area (Å²) in [7, 11) is 0. The third kappa shape index (κ3) is 4.41. The molecule has 214 valence electrons. The van der Waals surface area contributed by atoms with Crippen LogP contribution in [0.15, 0.2) is 164 Å². The fourth-order valence-electron chi connectivity index (χ4n) is 6.86. The van der Waals surface area contributed by atoms with E-state index in [0.29, 0.717) is 0 Å². The van der Waals surface area contributed by atoms with E-state index in [0.717, 1.165) is 33.5 Å². The second-order valence-corrected chi connectivity index (χ2v) is 11.7. The minimum absolute atomic E-state index is 0.983. The van der Waals surface area contributed by atoms with E-state index in [2.05, 4.69) is 136 Å². The lowest BCUT2D eigenvalue weighted by Crippen LogP contribution is -1.91. The Balaban J connectivity index is 1.24. The van der Waals surface area contributed by atoms with E-state index in [-0.39, 0.29) is 0 Å². The molecule has 0 N–H and O–H groups in total. The zero-order valence-electron chi connectivity index (χ0n) is 24.9. The number of pyridine rings is 3. The molecule has 3 heteroatoms. The monoisotopic (exact) mass is 585 g/mol. The first-order valence-electron chi connectivity index (χ1n) is 15.5. The van der Waals surface area contributed by atoms with Crippen LogP contribution in [0.2, 0.25) is 0 Å².